The first-order chi connectivity index (χ1) is 15.8. The fourth-order valence-electron chi connectivity index (χ4n) is 4.64. The lowest BCUT2D eigenvalue weighted by Gasteiger charge is -2.11. The molecule has 0 saturated carbocycles. The van der Waals surface area contributed by atoms with E-state index in [2.05, 4.69) is 83.8 Å². The van der Waals surface area contributed by atoms with Crippen molar-refractivity contribution >= 4 is 21.8 Å². The van der Waals surface area contributed by atoms with E-state index in [0.717, 1.165) is 22.2 Å². The minimum atomic E-state index is -0.228. The minimum Gasteiger partial charge on any atom is -0.354 e. The minimum absolute atomic E-state index is 0.228. The topological polar surface area (TPSA) is 15.8 Å². The fraction of sp³-hybridized carbons (Fsp3) is 0. The predicted octanol–water partition coefficient (Wildman–Crippen LogP) is 8.46. The summed E-state index contributed by atoms with van der Waals surface area (Å²) in [6, 6.07) is 38.4. The summed E-state index contributed by atoms with van der Waals surface area (Å²) in [4.78, 5) is 3.69. The Kier molecular flexibility index (Phi) is 4.36. The van der Waals surface area contributed by atoms with Crippen molar-refractivity contribution in [3.8, 4) is 33.4 Å². The van der Waals surface area contributed by atoms with Crippen LogP contribution in [-0.2, 0) is 0 Å². The van der Waals surface area contributed by atoms with Gasteiger partial charge in [-0.05, 0) is 46.0 Å². The van der Waals surface area contributed by atoms with Crippen molar-refractivity contribution in [3.63, 3.8) is 0 Å². The molecule has 6 rings (SSSR count). The van der Waals surface area contributed by atoms with E-state index in [1.165, 1.54) is 45.2 Å². The number of H-pyrrole nitrogens is 1. The van der Waals surface area contributed by atoms with Crippen LogP contribution in [0.15, 0.2) is 115 Å². The summed E-state index contributed by atoms with van der Waals surface area (Å²) in [5, 5.41) is 2.39. The van der Waals surface area contributed by atoms with E-state index in [4.69, 9.17) is 0 Å². The average molecular weight is 413 g/mol. The van der Waals surface area contributed by atoms with Gasteiger partial charge in [-0.3, -0.25) is 0 Å². The Balaban J connectivity index is 1.76. The highest BCUT2D eigenvalue weighted by Crippen LogP contribution is 2.43. The molecular weight excluding hydrogens is 393 g/mol. The summed E-state index contributed by atoms with van der Waals surface area (Å²) in [6.07, 6.45) is 0. The molecule has 2 heteroatoms. The monoisotopic (exact) mass is 413 g/mol. The van der Waals surface area contributed by atoms with Crippen LogP contribution in [-0.4, -0.2) is 4.98 Å². The Hall–Kier alpha value is -4.17. The third-order valence-corrected chi connectivity index (χ3v) is 6.10. The average Bonchev–Trinajstić information content (AvgIpc) is 3.25. The molecule has 0 aliphatic rings. The first kappa shape index (κ1) is 18.6. The molecule has 0 aliphatic heterocycles. The SMILES string of the molecule is Fc1ccc(-c2ccc(-c3ccccc3)c3c2[nH]c2cccc(-c4ccccc4)c23)cc1. The Morgan fingerprint density at radius 1 is 0.438 bits per heavy atom. The number of benzene rings is 5. The summed E-state index contributed by atoms with van der Waals surface area (Å²) < 4.78 is 13.6. The molecule has 0 amide bonds. The van der Waals surface area contributed by atoms with Crippen molar-refractivity contribution < 1.29 is 4.39 Å². The molecule has 0 bridgehead atoms. The maximum absolute atomic E-state index is 13.6. The summed E-state index contributed by atoms with van der Waals surface area (Å²) in [6.45, 7) is 0. The highest BCUT2D eigenvalue weighted by atomic mass is 19.1. The Morgan fingerprint density at radius 3 is 1.66 bits per heavy atom. The Morgan fingerprint density at radius 2 is 1.00 bits per heavy atom. The lowest BCUT2D eigenvalue weighted by molar-refractivity contribution is 0.628. The zero-order valence-electron chi connectivity index (χ0n) is 17.3. The van der Waals surface area contributed by atoms with Crippen LogP contribution in [0.3, 0.4) is 0 Å². The number of halogens is 1. The smallest absolute Gasteiger partial charge is 0.123 e. The molecule has 6 aromatic rings. The zero-order chi connectivity index (χ0) is 21.5. The first-order valence-electron chi connectivity index (χ1n) is 10.7. The maximum atomic E-state index is 13.6. The molecule has 0 radical (unpaired) electrons. The van der Waals surface area contributed by atoms with E-state index in [-0.39, 0.29) is 5.82 Å². The van der Waals surface area contributed by atoms with E-state index >= 15 is 0 Å². The second-order valence-corrected chi connectivity index (χ2v) is 8.00. The predicted molar refractivity (Wildman–Crippen MR) is 132 cm³/mol. The summed E-state index contributed by atoms with van der Waals surface area (Å²) >= 11 is 0. The third kappa shape index (κ3) is 3.00. The van der Waals surface area contributed by atoms with Gasteiger partial charge in [-0.2, -0.15) is 0 Å². The second kappa shape index (κ2) is 7.51. The largest absolute Gasteiger partial charge is 0.354 e. The van der Waals surface area contributed by atoms with Crippen LogP contribution in [0.5, 0.6) is 0 Å². The van der Waals surface area contributed by atoms with Crippen molar-refractivity contribution in [1.82, 2.24) is 4.98 Å². The highest BCUT2D eigenvalue weighted by molar-refractivity contribution is 6.22. The van der Waals surface area contributed by atoms with Crippen molar-refractivity contribution in [1.29, 1.82) is 0 Å². The molecule has 5 aromatic carbocycles. The fourth-order valence-corrected chi connectivity index (χ4v) is 4.64. The molecule has 0 atom stereocenters. The summed E-state index contributed by atoms with van der Waals surface area (Å²) in [5.74, 6) is -0.228. The van der Waals surface area contributed by atoms with Crippen LogP contribution in [0.25, 0.3) is 55.2 Å². The molecule has 0 fully saturated rings. The van der Waals surface area contributed by atoms with Crippen LogP contribution >= 0.6 is 0 Å². The van der Waals surface area contributed by atoms with Crippen LogP contribution in [0.1, 0.15) is 0 Å². The molecule has 0 unspecified atom stereocenters. The van der Waals surface area contributed by atoms with Gasteiger partial charge in [0.2, 0.25) is 0 Å². The molecule has 1 heterocycles. The van der Waals surface area contributed by atoms with Gasteiger partial charge in [0.15, 0.2) is 0 Å². The number of hydrogen-bond donors (Lipinski definition) is 1. The number of fused-ring (bicyclic) bond motifs is 3. The van der Waals surface area contributed by atoms with Crippen LogP contribution in [0, 0.1) is 5.82 Å². The van der Waals surface area contributed by atoms with Gasteiger partial charge < -0.3 is 4.98 Å². The summed E-state index contributed by atoms with van der Waals surface area (Å²) in [7, 11) is 0. The van der Waals surface area contributed by atoms with Gasteiger partial charge in [0.25, 0.3) is 0 Å². The van der Waals surface area contributed by atoms with Gasteiger partial charge in [-0.1, -0.05) is 97.1 Å². The molecule has 0 aliphatic carbocycles. The third-order valence-electron chi connectivity index (χ3n) is 6.10. The van der Waals surface area contributed by atoms with Crippen molar-refractivity contribution in [2.24, 2.45) is 0 Å². The standard InChI is InChI=1S/C30H20FN/c31-23-16-14-22(15-17-23)26-19-18-25(21-10-5-2-6-11-21)29-28-24(20-8-3-1-4-9-20)12-7-13-27(28)32-30(26)29/h1-19,32H. The van der Waals surface area contributed by atoms with E-state index in [1.54, 1.807) is 0 Å². The molecule has 1 aromatic heterocycles. The normalized spacial score (nSPS) is 11.3. The van der Waals surface area contributed by atoms with Gasteiger partial charge >= 0.3 is 0 Å². The number of nitrogens with one attached hydrogen (secondary N) is 1. The number of rotatable bonds is 3. The molecule has 32 heavy (non-hydrogen) atoms. The first-order valence-corrected chi connectivity index (χ1v) is 10.7. The van der Waals surface area contributed by atoms with Crippen LogP contribution in [0.4, 0.5) is 4.39 Å². The maximum Gasteiger partial charge on any atom is 0.123 e. The van der Waals surface area contributed by atoms with Crippen molar-refractivity contribution in [3.05, 3.63) is 121 Å². The Bertz CT molecular complexity index is 1550. The molecular formula is C30H20FN. The number of aromatic amines is 1. The second-order valence-electron chi connectivity index (χ2n) is 8.00. The van der Waals surface area contributed by atoms with Gasteiger partial charge in [-0.25, -0.2) is 4.39 Å². The van der Waals surface area contributed by atoms with Gasteiger partial charge in [0.05, 0.1) is 5.52 Å². The van der Waals surface area contributed by atoms with E-state index in [0.29, 0.717) is 0 Å². The van der Waals surface area contributed by atoms with Gasteiger partial charge in [0, 0.05) is 21.9 Å². The lowest BCUT2D eigenvalue weighted by atomic mass is 9.92. The van der Waals surface area contributed by atoms with E-state index in [9.17, 15) is 4.39 Å². The van der Waals surface area contributed by atoms with Crippen molar-refractivity contribution in [2.45, 2.75) is 0 Å². The highest BCUT2D eigenvalue weighted by Gasteiger charge is 2.17. The zero-order valence-corrected chi connectivity index (χ0v) is 17.3. The van der Waals surface area contributed by atoms with Gasteiger partial charge in [-0.15, -0.1) is 0 Å². The molecule has 0 spiro atoms. The molecule has 0 saturated heterocycles. The lowest BCUT2D eigenvalue weighted by Crippen LogP contribution is -1.86. The van der Waals surface area contributed by atoms with Crippen LogP contribution in [0.2, 0.25) is 0 Å². The summed E-state index contributed by atoms with van der Waals surface area (Å²) in [5.41, 5.74) is 8.95. The number of hydrogen-bond acceptors (Lipinski definition) is 0. The number of aromatic nitrogens is 1. The van der Waals surface area contributed by atoms with Crippen LogP contribution < -0.4 is 0 Å². The molecule has 1 N–H and O–H groups in total. The molecule has 1 nitrogen and oxygen atoms in total. The van der Waals surface area contributed by atoms with Crippen molar-refractivity contribution in [2.75, 3.05) is 0 Å². The van der Waals surface area contributed by atoms with Gasteiger partial charge in [0.1, 0.15) is 5.82 Å². The Labute approximate surface area is 185 Å². The van der Waals surface area contributed by atoms with E-state index < -0.39 is 0 Å². The quantitative estimate of drug-likeness (QED) is 0.299. The molecule has 152 valence electrons. The van der Waals surface area contributed by atoms with E-state index in [1.807, 2.05) is 24.3 Å².